The van der Waals surface area contributed by atoms with E-state index in [1.807, 2.05) is 0 Å². The van der Waals surface area contributed by atoms with Crippen molar-refractivity contribution in [3.05, 3.63) is 40.3 Å². The van der Waals surface area contributed by atoms with E-state index in [0.717, 1.165) is 25.7 Å². The lowest BCUT2D eigenvalue weighted by Crippen LogP contribution is -2.37. The molecule has 1 saturated carbocycles. The largest absolute Gasteiger partial charge is 0.451 e. The molecule has 0 aliphatic heterocycles. The number of hydrogen-bond acceptors (Lipinski definition) is 5. The minimum atomic E-state index is -0.704. The summed E-state index contributed by atoms with van der Waals surface area (Å²) in [6.45, 7) is 1.77. The zero-order chi connectivity index (χ0) is 19.2. The molecule has 0 atom stereocenters. The minimum Gasteiger partial charge on any atom is -0.451 e. The number of aryl methyl sites for hydroxylation is 1. The number of rotatable bonds is 5. The van der Waals surface area contributed by atoms with E-state index in [1.54, 1.807) is 31.2 Å². The molecular formula is C20H25N3O4. The second-order valence-electron chi connectivity index (χ2n) is 6.85. The van der Waals surface area contributed by atoms with E-state index in [0.29, 0.717) is 17.3 Å². The van der Waals surface area contributed by atoms with E-state index in [4.69, 9.17) is 4.74 Å². The van der Waals surface area contributed by atoms with Crippen LogP contribution >= 0.6 is 0 Å². The van der Waals surface area contributed by atoms with E-state index in [1.165, 1.54) is 17.5 Å². The van der Waals surface area contributed by atoms with E-state index in [2.05, 4.69) is 10.4 Å². The molecule has 144 valence electrons. The van der Waals surface area contributed by atoms with Crippen LogP contribution in [-0.4, -0.2) is 34.3 Å². The number of carbonyl (C=O) groups is 2. The molecule has 0 radical (unpaired) electrons. The molecule has 1 aromatic heterocycles. The predicted octanol–water partition coefficient (Wildman–Crippen LogP) is 2.41. The lowest BCUT2D eigenvalue weighted by Gasteiger charge is -2.16. The predicted molar refractivity (Wildman–Crippen MR) is 102 cm³/mol. The standard InChI is InChI=1S/C20H25N3O4/c1-2-23-19(25)16-12-8-7-11-15(16)18(22-23)20(26)27-13-17(24)21-14-9-5-3-4-6-10-14/h7-8,11-12,14H,2-6,9-10,13H2,1H3,(H,21,24). The summed E-state index contributed by atoms with van der Waals surface area (Å²) in [6.07, 6.45) is 6.56. The number of ether oxygens (including phenoxy) is 1. The summed E-state index contributed by atoms with van der Waals surface area (Å²) in [5.41, 5.74) is -0.204. The third-order valence-electron chi connectivity index (χ3n) is 4.92. The van der Waals surface area contributed by atoms with Gasteiger partial charge in [-0.3, -0.25) is 9.59 Å². The lowest BCUT2D eigenvalue weighted by atomic mass is 10.1. The van der Waals surface area contributed by atoms with Crippen LogP contribution in [0.5, 0.6) is 0 Å². The number of fused-ring (bicyclic) bond motifs is 1. The van der Waals surface area contributed by atoms with Crippen molar-refractivity contribution in [2.45, 2.75) is 58.0 Å². The maximum absolute atomic E-state index is 12.5. The van der Waals surface area contributed by atoms with E-state index < -0.39 is 5.97 Å². The highest BCUT2D eigenvalue weighted by Gasteiger charge is 2.20. The molecule has 1 aromatic carbocycles. The molecule has 0 saturated heterocycles. The summed E-state index contributed by atoms with van der Waals surface area (Å²) in [4.78, 5) is 37.0. The van der Waals surface area contributed by atoms with Crippen LogP contribution < -0.4 is 10.9 Å². The van der Waals surface area contributed by atoms with E-state index in [-0.39, 0.29) is 29.8 Å². The Labute approximate surface area is 157 Å². The number of esters is 1. The molecule has 2 aromatic rings. The monoisotopic (exact) mass is 371 g/mol. The Bertz CT molecular complexity index is 882. The molecule has 3 rings (SSSR count). The average molecular weight is 371 g/mol. The Balaban J connectivity index is 1.70. The maximum atomic E-state index is 12.5. The van der Waals surface area contributed by atoms with Gasteiger partial charge >= 0.3 is 5.97 Å². The summed E-state index contributed by atoms with van der Waals surface area (Å²) in [5.74, 6) is -1.01. The Morgan fingerprint density at radius 3 is 2.48 bits per heavy atom. The smallest absolute Gasteiger partial charge is 0.359 e. The molecule has 1 fully saturated rings. The fourth-order valence-corrected chi connectivity index (χ4v) is 3.49. The zero-order valence-electron chi connectivity index (χ0n) is 15.6. The lowest BCUT2D eigenvalue weighted by molar-refractivity contribution is -0.125. The highest BCUT2D eigenvalue weighted by atomic mass is 16.5. The Morgan fingerprint density at radius 2 is 1.81 bits per heavy atom. The Kier molecular flexibility index (Phi) is 6.21. The summed E-state index contributed by atoms with van der Waals surface area (Å²) in [6, 6.07) is 6.93. The Hall–Kier alpha value is -2.70. The topological polar surface area (TPSA) is 90.3 Å². The summed E-state index contributed by atoms with van der Waals surface area (Å²) < 4.78 is 6.41. The van der Waals surface area contributed by atoms with Crippen LogP contribution in [0.1, 0.15) is 55.9 Å². The number of nitrogens with zero attached hydrogens (tertiary/aromatic N) is 2. The van der Waals surface area contributed by atoms with Gasteiger partial charge in [0, 0.05) is 18.0 Å². The quantitative estimate of drug-likeness (QED) is 0.644. The SMILES string of the molecule is CCn1nc(C(=O)OCC(=O)NC2CCCCCC2)c2ccccc2c1=O. The van der Waals surface area contributed by atoms with Crippen molar-refractivity contribution >= 4 is 22.6 Å². The van der Waals surface area contributed by atoms with Gasteiger partial charge < -0.3 is 10.1 Å². The molecule has 1 aliphatic carbocycles. The normalized spacial score (nSPS) is 15.3. The molecule has 1 amide bonds. The van der Waals surface area contributed by atoms with Crippen LogP contribution in [-0.2, 0) is 16.1 Å². The van der Waals surface area contributed by atoms with Crippen molar-refractivity contribution in [3.63, 3.8) is 0 Å². The molecule has 1 N–H and O–H groups in total. The van der Waals surface area contributed by atoms with Crippen LogP contribution in [0.2, 0.25) is 0 Å². The highest BCUT2D eigenvalue weighted by Crippen LogP contribution is 2.17. The number of amides is 1. The molecule has 0 spiro atoms. The third kappa shape index (κ3) is 4.53. The average Bonchev–Trinajstić information content (AvgIpc) is 2.95. The minimum absolute atomic E-state index is 0.0503. The molecule has 27 heavy (non-hydrogen) atoms. The maximum Gasteiger partial charge on any atom is 0.359 e. The Morgan fingerprint density at radius 1 is 1.15 bits per heavy atom. The molecule has 1 aliphatic rings. The zero-order valence-corrected chi connectivity index (χ0v) is 15.6. The first kappa shape index (κ1) is 19.1. The fourth-order valence-electron chi connectivity index (χ4n) is 3.49. The number of aromatic nitrogens is 2. The molecular weight excluding hydrogens is 346 g/mol. The number of benzene rings is 1. The first-order valence-corrected chi connectivity index (χ1v) is 9.56. The number of hydrogen-bond donors (Lipinski definition) is 1. The van der Waals surface area contributed by atoms with Gasteiger partial charge in [0.15, 0.2) is 12.3 Å². The number of carbonyl (C=O) groups excluding carboxylic acids is 2. The van der Waals surface area contributed by atoms with Gasteiger partial charge in [0.2, 0.25) is 0 Å². The van der Waals surface area contributed by atoms with Crippen LogP contribution in [0.15, 0.2) is 29.1 Å². The van der Waals surface area contributed by atoms with Gasteiger partial charge in [-0.05, 0) is 25.8 Å². The second kappa shape index (κ2) is 8.79. The summed E-state index contributed by atoms with van der Waals surface area (Å²) in [7, 11) is 0. The van der Waals surface area contributed by atoms with Gasteiger partial charge in [-0.15, -0.1) is 0 Å². The van der Waals surface area contributed by atoms with Crippen molar-refractivity contribution in [1.82, 2.24) is 15.1 Å². The van der Waals surface area contributed by atoms with E-state index >= 15 is 0 Å². The van der Waals surface area contributed by atoms with Gasteiger partial charge in [-0.25, -0.2) is 9.48 Å². The second-order valence-corrected chi connectivity index (χ2v) is 6.85. The van der Waals surface area contributed by atoms with Crippen LogP contribution in [0.4, 0.5) is 0 Å². The van der Waals surface area contributed by atoms with Crippen LogP contribution in [0.3, 0.4) is 0 Å². The van der Waals surface area contributed by atoms with Gasteiger partial charge in [0.05, 0.1) is 5.39 Å². The first-order chi connectivity index (χ1) is 13.1. The molecule has 0 unspecified atom stereocenters. The summed E-state index contributed by atoms with van der Waals surface area (Å²) in [5, 5.41) is 7.90. The van der Waals surface area contributed by atoms with Crippen molar-refractivity contribution in [2.24, 2.45) is 0 Å². The van der Waals surface area contributed by atoms with Gasteiger partial charge in [-0.1, -0.05) is 43.9 Å². The van der Waals surface area contributed by atoms with Gasteiger partial charge in [0.1, 0.15) is 0 Å². The fraction of sp³-hybridized carbons (Fsp3) is 0.500. The molecule has 1 heterocycles. The van der Waals surface area contributed by atoms with Crippen molar-refractivity contribution in [3.8, 4) is 0 Å². The first-order valence-electron chi connectivity index (χ1n) is 9.56. The van der Waals surface area contributed by atoms with Crippen molar-refractivity contribution < 1.29 is 14.3 Å². The molecule has 0 bridgehead atoms. The molecule has 7 nitrogen and oxygen atoms in total. The van der Waals surface area contributed by atoms with Gasteiger partial charge in [0.25, 0.3) is 11.5 Å². The highest BCUT2D eigenvalue weighted by molar-refractivity contribution is 6.02. The van der Waals surface area contributed by atoms with Gasteiger partial charge in [-0.2, -0.15) is 5.10 Å². The summed E-state index contributed by atoms with van der Waals surface area (Å²) >= 11 is 0. The van der Waals surface area contributed by atoms with Crippen LogP contribution in [0.25, 0.3) is 10.8 Å². The van der Waals surface area contributed by atoms with E-state index in [9.17, 15) is 14.4 Å². The van der Waals surface area contributed by atoms with Crippen molar-refractivity contribution in [2.75, 3.05) is 6.61 Å². The van der Waals surface area contributed by atoms with Crippen molar-refractivity contribution in [1.29, 1.82) is 0 Å². The van der Waals surface area contributed by atoms with Crippen LogP contribution in [0, 0.1) is 0 Å². The third-order valence-corrected chi connectivity index (χ3v) is 4.92. The molecule has 7 heteroatoms. The number of nitrogens with one attached hydrogen (secondary N) is 1.